The number of esters is 1. The Kier molecular flexibility index (Phi) is 5.79. The number of benzene rings is 1. The Morgan fingerprint density at radius 2 is 2.04 bits per heavy atom. The van der Waals surface area contributed by atoms with Gasteiger partial charge < -0.3 is 9.64 Å². The molecule has 1 aromatic rings. The first kappa shape index (κ1) is 17.3. The SMILES string of the molecule is CCOC(=O)CN1CCCN(C(=O)C2Cc3ccccc3S2)CC1. The highest BCUT2D eigenvalue weighted by Gasteiger charge is 2.32. The Labute approximate surface area is 147 Å². The third kappa shape index (κ3) is 4.11. The monoisotopic (exact) mass is 348 g/mol. The summed E-state index contributed by atoms with van der Waals surface area (Å²) in [4.78, 5) is 29.8. The zero-order valence-electron chi connectivity index (χ0n) is 14.1. The van der Waals surface area contributed by atoms with E-state index in [9.17, 15) is 9.59 Å². The van der Waals surface area contributed by atoms with E-state index in [0.29, 0.717) is 19.7 Å². The minimum atomic E-state index is -0.181. The van der Waals surface area contributed by atoms with Crippen molar-refractivity contribution in [2.75, 3.05) is 39.3 Å². The summed E-state index contributed by atoms with van der Waals surface area (Å²) < 4.78 is 5.01. The molecule has 0 spiro atoms. The summed E-state index contributed by atoms with van der Waals surface area (Å²) in [5.74, 6) is 0.0493. The van der Waals surface area contributed by atoms with Gasteiger partial charge in [-0.15, -0.1) is 11.8 Å². The topological polar surface area (TPSA) is 49.9 Å². The first-order valence-electron chi connectivity index (χ1n) is 8.58. The van der Waals surface area contributed by atoms with Crippen molar-refractivity contribution in [3.63, 3.8) is 0 Å². The Morgan fingerprint density at radius 1 is 1.21 bits per heavy atom. The van der Waals surface area contributed by atoms with Gasteiger partial charge in [-0.3, -0.25) is 14.5 Å². The van der Waals surface area contributed by atoms with Gasteiger partial charge in [0.2, 0.25) is 5.91 Å². The minimum Gasteiger partial charge on any atom is -0.465 e. The normalized spacial score (nSPS) is 21.2. The number of hydrogen-bond acceptors (Lipinski definition) is 5. The van der Waals surface area contributed by atoms with Crippen LogP contribution in [-0.4, -0.2) is 66.3 Å². The molecular formula is C18H24N2O3S. The lowest BCUT2D eigenvalue weighted by Gasteiger charge is -2.24. The molecule has 24 heavy (non-hydrogen) atoms. The molecule has 1 aromatic carbocycles. The van der Waals surface area contributed by atoms with E-state index < -0.39 is 0 Å². The number of amides is 1. The molecule has 0 saturated carbocycles. The standard InChI is InChI=1S/C18H24N2O3S/c1-2-23-17(21)13-19-8-5-9-20(11-10-19)18(22)16-12-14-6-3-4-7-15(14)24-16/h3-4,6-7,16H,2,5,8-13H2,1H3. The Hall–Kier alpha value is -1.53. The fourth-order valence-electron chi connectivity index (χ4n) is 3.26. The molecule has 2 aliphatic rings. The molecule has 2 aliphatic heterocycles. The summed E-state index contributed by atoms with van der Waals surface area (Å²) in [7, 11) is 0. The van der Waals surface area contributed by atoms with Gasteiger partial charge in [0, 0.05) is 31.1 Å². The molecule has 1 unspecified atom stereocenters. The Morgan fingerprint density at radius 3 is 2.83 bits per heavy atom. The van der Waals surface area contributed by atoms with Crippen LogP contribution in [0.25, 0.3) is 0 Å². The van der Waals surface area contributed by atoms with Crippen molar-refractivity contribution in [1.29, 1.82) is 0 Å². The summed E-state index contributed by atoms with van der Waals surface area (Å²) >= 11 is 1.68. The van der Waals surface area contributed by atoms with E-state index in [1.165, 1.54) is 10.5 Å². The third-order valence-corrected chi connectivity index (χ3v) is 5.79. The van der Waals surface area contributed by atoms with E-state index >= 15 is 0 Å². The molecule has 2 heterocycles. The molecule has 3 rings (SSSR count). The smallest absolute Gasteiger partial charge is 0.320 e. The second-order valence-electron chi connectivity index (χ2n) is 6.18. The van der Waals surface area contributed by atoms with Crippen molar-refractivity contribution in [3.8, 4) is 0 Å². The van der Waals surface area contributed by atoms with E-state index in [-0.39, 0.29) is 17.1 Å². The van der Waals surface area contributed by atoms with E-state index in [4.69, 9.17) is 4.74 Å². The molecule has 130 valence electrons. The van der Waals surface area contributed by atoms with Gasteiger partial charge in [0.15, 0.2) is 0 Å². The van der Waals surface area contributed by atoms with Crippen molar-refractivity contribution in [1.82, 2.24) is 9.80 Å². The largest absolute Gasteiger partial charge is 0.465 e. The van der Waals surface area contributed by atoms with Gasteiger partial charge in [-0.25, -0.2) is 0 Å². The van der Waals surface area contributed by atoms with Crippen LogP contribution in [0.2, 0.25) is 0 Å². The number of carbonyl (C=O) groups is 2. The highest BCUT2D eigenvalue weighted by Crippen LogP contribution is 2.37. The average Bonchev–Trinajstić information content (AvgIpc) is 2.88. The molecule has 0 aliphatic carbocycles. The van der Waals surface area contributed by atoms with Crippen LogP contribution in [0.15, 0.2) is 29.2 Å². The predicted octanol–water partition coefficient (Wildman–Crippen LogP) is 1.80. The van der Waals surface area contributed by atoms with E-state index in [0.717, 1.165) is 32.5 Å². The van der Waals surface area contributed by atoms with Crippen LogP contribution in [0, 0.1) is 0 Å². The molecular weight excluding hydrogens is 324 g/mol. The van der Waals surface area contributed by atoms with Crippen LogP contribution in [0.4, 0.5) is 0 Å². The van der Waals surface area contributed by atoms with Gasteiger partial charge in [-0.05, 0) is 31.4 Å². The summed E-state index contributed by atoms with van der Waals surface area (Å²) in [5.41, 5.74) is 1.28. The van der Waals surface area contributed by atoms with Crippen molar-refractivity contribution in [3.05, 3.63) is 29.8 Å². The van der Waals surface area contributed by atoms with Gasteiger partial charge in [-0.2, -0.15) is 0 Å². The number of hydrogen-bond donors (Lipinski definition) is 0. The number of thioether (sulfide) groups is 1. The molecule has 1 atom stereocenters. The number of nitrogens with zero attached hydrogens (tertiary/aromatic N) is 2. The van der Waals surface area contributed by atoms with Crippen LogP contribution >= 0.6 is 11.8 Å². The number of rotatable bonds is 4. The van der Waals surface area contributed by atoms with Gasteiger partial charge >= 0.3 is 5.97 Å². The summed E-state index contributed by atoms with van der Waals surface area (Å²) in [5, 5.41) is -0.000920. The van der Waals surface area contributed by atoms with Gasteiger partial charge in [0.05, 0.1) is 18.4 Å². The predicted molar refractivity (Wildman–Crippen MR) is 94.1 cm³/mol. The lowest BCUT2D eigenvalue weighted by Crippen LogP contribution is -2.40. The second kappa shape index (κ2) is 8.03. The van der Waals surface area contributed by atoms with Crippen molar-refractivity contribution < 1.29 is 14.3 Å². The molecule has 1 amide bonds. The van der Waals surface area contributed by atoms with Gasteiger partial charge in [0.25, 0.3) is 0 Å². The van der Waals surface area contributed by atoms with Crippen LogP contribution in [0.1, 0.15) is 18.9 Å². The van der Waals surface area contributed by atoms with Crippen LogP contribution in [-0.2, 0) is 20.7 Å². The zero-order valence-corrected chi connectivity index (χ0v) is 14.9. The molecule has 0 radical (unpaired) electrons. The van der Waals surface area contributed by atoms with Gasteiger partial charge in [0.1, 0.15) is 0 Å². The van der Waals surface area contributed by atoms with E-state index in [1.54, 1.807) is 11.8 Å². The first-order valence-corrected chi connectivity index (χ1v) is 9.46. The molecule has 1 fully saturated rings. The van der Waals surface area contributed by atoms with E-state index in [2.05, 4.69) is 17.0 Å². The zero-order chi connectivity index (χ0) is 16.9. The first-order chi connectivity index (χ1) is 11.7. The molecule has 1 saturated heterocycles. The molecule has 6 heteroatoms. The fraction of sp³-hybridized carbons (Fsp3) is 0.556. The quantitative estimate of drug-likeness (QED) is 0.777. The summed E-state index contributed by atoms with van der Waals surface area (Å²) in [6, 6.07) is 8.26. The fourth-order valence-corrected chi connectivity index (χ4v) is 4.54. The van der Waals surface area contributed by atoms with Crippen molar-refractivity contribution in [2.45, 2.75) is 29.9 Å². The molecule has 0 bridgehead atoms. The highest BCUT2D eigenvalue weighted by molar-refractivity contribution is 8.01. The maximum atomic E-state index is 12.8. The van der Waals surface area contributed by atoms with Crippen LogP contribution in [0.5, 0.6) is 0 Å². The van der Waals surface area contributed by atoms with E-state index in [1.807, 2.05) is 24.0 Å². The average molecular weight is 348 g/mol. The molecule has 5 nitrogen and oxygen atoms in total. The molecule has 0 N–H and O–H groups in total. The maximum Gasteiger partial charge on any atom is 0.320 e. The van der Waals surface area contributed by atoms with Gasteiger partial charge in [-0.1, -0.05) is 18.2 Å². The minimum absolute atomic E-state index is 0.000920. The van der Waals surface area contributed by atoms with Crippen molar-refractivity contribution in [2.24, 2.45) is 0 Å². The number of fused-ring (bicyclic) bond motifs is 1. The Balaban J connectivity index is 1.53. The van der Waals surface area contributed by atoms with Crippen LogP contribution < -0.4 is 0 Å². The molecule has 0 aromatic heterocycles. The highest BCUT2D eigenvalue weighted by atomic mass is 32.2. The lowest BCUT2D eigenvalue weighted by molar-refractivity contribution is -0.144. The number of ether oxygens (including phenoxy) is 1. The third-order valence-electron chi connectivity index (χ3n) is 4.48. The second-order valence-corrected chi connectivity index (χ2v) is 7.42. The van der Waals surface area contributed by atoms with Crippen LogP contribution in [0.3, 0.4) is 0 Å². The Bertz CT molecular complexity index is 583. The number of carbonyl (C=O) groups excluding carboxylic acids is 2. The summed E-state index contributed by atoms with van der Waals surface area (Å²) in [6.45, 7) is 5.57. The maximum absolute atomic E-state index is 12.8. The van der Waals surface area contributed by atoms with Crippen molar-refractivity contribution >= 4 is 23.6 Å². The summed E-state index contributed by atoms with van der Waals surface area (Å²) in [6.07, 6.45) is 1.72. The lowest BCUT2D eigenvalue weighted by atomic mass is 10.1.